The lowest BCUT2D eigenvalue weighted by atomic mass is 10.1. The highest BCUT2D eigenvalue weighted by atomic mass is 16.4. The molecule has 0 heterocycles. The van der Waals surface area contributed by atoms with Crippen LogP contribution in [0.3, 0.4) is 0 Å². The lowest BCUT2D eigenvalue weighted by molar-refractivity contribution is -0.138. The predicted octanol–water partition coefficient (Wildman–Crippen LogP) is 1.92. The van der Waals surface area contributed by atoms with Crippen LogP contribution in [0.4, 0.5) is 0 Å². The molecule has 0 bridgehead atoms. The Morgan fingerprint density at radius 1 is 1.38 bits per heavy atom. The van der Waals surface area contributed by atoms with Gasteiger partial charge in [0.25, 0.3) is 0 Å². The molecule has 0 aliphatic rings. The third-order valence-electron chi connectivity index (χ3n) is 1.99. The molecule has 0 saturated heterocycles. The molecule has 3 heteroatoms. The summed E-state index contributed by atoms with van der Waals surface area (Å²) in [5.41, 5.74) is 5.34. The van der Waals surface area contributed by atoms with Crippen LogP contribution in [0.25, 0.3) is 0 Å². The summed E-state index contributed by atoms with van der Waals surface area (Å²) in [7, 11) is 0. The van der Waals surface area contributed by atoms with Gasteiger partial charge in [-0.3, -0.25) is 4.79 Å². The summed E-state index contributed by atoms with van der Waals surface area (Å²) < 4.78 is 0. The van der Waals surface area contributed by atoms with Crippen molar-refractivity contribution in [3.05, 3.63) is 12.7 Å². The first-order valence-corrected chi connectivity index (χ1v) is 4.77. The van der Waals surface area contributed by atoms with E-state index >= 15 is 0 Å². The van der Waals surface area contributed by atoms with Gasteiger partial charge in [0.2, 0.25) is 0 Å². The van der Waals surface area contributed by atoms with Crippen molar-refractivity contribution in [2.45, 2.75) is 44.6 Å². The molecular formula is C10H19NO2. The van der Waals surface area contributed by atoms with E-state index in [9.17, 15) is 4.79 Å². The fourth-order valence-corrected chi connectivity index (χ4v) is 1.13. The van der Waals surface area contributed by atoms with E-state index in [1.807, 2.05) is 6.08 Å². The molecule has 3 nitrogen and oxygen atoms in total. The molecule has 3 N–H and O–H groups in total. The lowest BCUT2D eigenvalue weighted by Crippen LogP contribution is -2.29. The molecule has 0 aromatic heterocycles. The van der Waals surface area contributed by atoms with Gasteiger partial charge in [-0.05, 0) is 19.3 Å². The number of allylic oxidation sites excluding steroid dienone is 1. The van der Waals surface area contributed by atoms with Gasteiger partial charge >= 0.3 is 5.97 Å². The van der Waals surface area contributed by atoms with Crippen LogP contribution in [0.2, 0.25) is 0 Å². The Hall–Kier alpha value is -0.830. The molecule has 0 aromatic rings. The monoisotopic (exact) mass is 185 g/mol. The second-order valence-corrected chi connectivity index (χ2v) is 3.22. The first-order valence-electron chi connectivity index (χ1n) is 4.77. The molecule has 0 aromatic carbocycles. The van der Waals surface area contributed by atoms with Crippen molar-refractivity contribution in [3.63, 3.8) is 0 Å². The van der Waals surface area contributed by atoms with E-state index in [0.717, 1.165) is 32.1 Å². The quantitative estimate of drug-likeness (QED) is 0.448. The zero-order chi connectivity index (χ0) is 10.1. The van der Waals surface area contributed by atoms with Gasteiger partial charge in [-0.2, -0.15) is 0 Å². The van der Waals surface area contributed by atoms with E-state index in [1.54, 1.807) is 0 Å². The number of hydrogen-bond donors (Lipinski definition) is 2. The first kappa shape index (κ1) is 12.2. The molecule has 0 spiro atoms. The molecule has 0 amide bonds. The number of carboxylic acid groups (broad SMARTS) is 1. The number of unbranched alkanes of at least 4 members (excludes halogenated alkanes) is 4. The van der Waals surface area contributed by atoms with E-state index in [0.29, 0.717) is 6.42 Å². The number of hydrogen-bond acceptors (Lipinski definition) is 2. The molecule has 0 saturated carbocycles. The number of carbonyl (C=O) groups is 1. The van der Waals surface area contributed by atoms with Crippen molar-refractivity contribution in [1.82, 2.24) is 0 Å². The second kappa shape index (κ2) is 7.80. The summed E-state index contributed by atoms with van der Waals surface area (Å²) in [4.78, 5) is 10.3. The number of rotatable bonds is 8. The van der Waals surface area contributed by atoms with E-state index < -0.39 is 12.0 Å². The topological polar surface area (TPSA) is 63.3 Å². The Bertz CT molecular complexity index is 157. The molecule has 0 aliphatic carbocycles. The van der Waals surface area contributed by atoms with E-state index in [-0.39, 0.29) is 0 Å². The minimum atomic E-state index is -0.897. The summed E-state index contributed by atoms with van der Waals surface area (Å²) in [6, 6.07) is -0.681. The molecule has 0 aliphatic heterocycles. The van der Waals surface area contributed by atoms with Gasteiger partial charge in [0.1, 0.15) is 6.04 Å². The van der Waals surface area contributed by atoms with Crippen LogP contribution in [0.15, 0.2) is 12.7 Å². The third kappa shape index (κ3) is 7.53. The first-order chi connectivity index (χ1) is 6.18. The molecule has 13 heavy (non-hydrogen) atoms. The van der Waals surface area contributed by atoms with Gasteiger partial charge in [-0.15, -0.1) is 6.58 Å². The van der Waals surface area contributed by atoms with Crippen molar-refractivity contribution < 1.29 is 9.90 Å². The Labute approximate surface area is 79.6 Å². The summed E-state index contributed by atoms with van der Waals surface area (Å²) in [5.74, 6) is -0.897. The molecule has 1 unspecified atom stereocenters. The third-order valence-corrected chi connectivity index (χ3v) is 1.99. The fraction of sp³-hybridized carbons (Fsp3) is 0.700. The minimum Gasteiger partial charge on any atom is -0.480 e. The SMILES string of the molecule is C=CCCCCCCC(N)C(=O)O. The van der Waals surface area contributed by atoms with Gasteiger partial charge in [0, 0.05) is 0 Å². The minimum absolute atomic E-state index is 0.587. The Balaban J connectivity index is 3.15. The van der Waals surface area contributed by atoms with Crippen molar-refractivity contribution >= 4 is 5.97 Å². The van der Waals surface area contributed by atoms with Crippen LogP contribution >= 0.6 is 0 Å². The molecule has 1 atom stereocenters. The number of carboxylic acids is 1. The molecule has 0 rings (SSSR count). The van der Waals surface area contributed by atoms with Gasteiger partial charge in [0.15, 0.2) is 0 Å². The standard InChI is InChI=1S/C10H19NO2/c1-2-3-4-5-6-7-8-9(11)10(12)13/h2,9H,1,3-8,11H2,(H,12,13). The largest absolute Gasteiger partial charge is 0.480 e. The normalized spacial score (nSPS) is 12.4. The number of aliphatic carboxylic acids is 1. The van der Waals surface area contributed by atoms with Crippen LogP contribution in [-0.4, -0.2) is 17.1 Å². The van der Waals surface area contributed by atoms with Crippen LogP contribution in [-0.2, 0) is 4.79 Å². The summed E-state index contributed by atoms with van der Waals surface area (Å²) in [6.07, 6.45) is 7.79. The highest BCUT2D eigenvalue weighted by Gasteiger charge is 2.09. The second-order valence-electron chi connectivity index (χ2n) is 3.22. The molecule has 0 radical (unpaired) electrons. The van der Waals surface area contributed by atoms with Gasteiger partial charge in [-0.1, -0.05) is 25.3 Å². The maximum absolute atomic E-state index is 10.3. The van der Waals surface area contributed by atoms with E-state index in [1.165, 1.54) is 0 Å². The van der Waals surface area contributed by atoms with E-state index in [2.05, 4.69) is 6.58 Å². The Kier molecular flexibility index (Phi) is 7.30. The Morgan fingerprint density at radius 2 is 2.00 bits per heavy atom. The summed E-state index contributed by atoms with van der Waals surface area (Å²) in [6.45, 7) is 3.63. The van der Waals surface area contributed by atoms with Crippen LogP contribution in [0.1, 0.15) is 38.5 Å². The summed E-state index contributed by atoms with van der Waals surface area (Å²) in [5, 5.41) is 8.48. The Morgan fingerprint density at radius 3 is 2.54 bits per heavy atom. The maximum Gasteiger partial charge on any atom is 0.320 e. The van der Waals surface area contributed by atoms with E-state index in [4.69, 9.17) is 10.8 Å². The van der Waals surface area contributed by atoms with Crippen molar-refractivity contribution in [3.8, 4) is 0 Å². The average Bonchev–Trinajstić information content (AvgIpc) is 2.10. The summed E-state index contributed by atoms with van der Waals surface area (Å²) >= 11 is 0. The van der Waals surface area contributed by atoms with Gasteiger partial charge < -0.3 is 10.8 Å². The highest BCUT2D eigenvalue weighted by Crippen LogP contribution is 2.06. The maximum atomic E-state index is 10.3. The lowest BCUT2D eigenvalue weighted by Gasteiger charge is -2.04. The molecule has 76 valence electrons. The molecule has 0 fully saturated rings. The van der Waals surface area contributed by atoms with Crippen molar-refractivity contribution in [2.75, 3.05) is 0 Å². The number of nitrogens with two attached hydrogens (primary N) is 1. The van der Waals surface area contributed by atoms with Crippen molar-refractivity contribution in [2.24, 2.45) is 5.73 Å². The van der Waals surface area contributed by atoms with Crippen molar-refractivity contribution in [1.29, 1.82) is 0 Å². The molecular weight excluding hydrogens is 166 g/mol. The zero-order valence-electron chi connectivity index (χ0n) is 8.04. The smallest absolute Gasteiger partial charge is 0.320 e. The fourth-order valence-electron chi connectivity index (χ4n) is 1.13. The van der Waals surface area contributed by atoms with Gasteiger partial charge in [-0.25, -0.2) is 0 Å². The average molecular weight is 185 g/mol. The predicted molar refractivity (Wildman–Crippen MR) is 53.5 cm³/mol. The van der Waals surface area contributed by atoms with Crippen LogP contribution in [0.5, 0.6) is 0 Å². The zero-order valence-corrected chi connectivity index (χ0v) is 8.04. The van der Waals surface area contributed by atoms with Crippen LogP contribution in [0, 0.1) is 0 Å². The van der Waals surface area contributed by atoms with Crippen LogP contribution < -0.4 is 5.73 Å². The highest BCUT2D eigenvalue weighted by molar-refractivity contribution is 5.72. The van der Waals surface area contributed by atoms with Gasteiger partial charge in [0.05, 0.1) is 0 Å².